The smallest absolute Gasteiger partial charge is 0.166 e. The van der Waals surface area contributed by atoms with E-state index in [0.717, 1.165) is 11.2 Å². The van der Waals surface area contributed by atoms with Gasteiger partial charge in [-0.3, -0.25) is 0 Å². The summed E-state index contributed by atoms with van der Waals surface area (Å²) >= 11 is 0. The van der Waals surface area contributed by atoms with Crippen LogP contribution in [0.25, 0.3) is 5.52 Å². The second-order valence-corrected chi connectivity index (χ2v) is 2.53. The van der Waals surface area contributed by atoms with Crippen LogP contribution in [0.2, 0.25) is 0 Å². The first kappa shape index (κ1) is 6.80. The van der Waals surface area contributed by atoms with Crippen molar-refractivity contribution in [3.63, 3.8) is 0 Å². The van der Waals surface area contributed by atoms with Crippen LogP contribution in [0, 0.1) is 18.3 Å². The summed E-state index contributed by atoms with van der Waals surface area (Å²) in [5, 5.41) is 8.72. The van der Waals surface area contributed by atoms with Crippen molar-refractivity contribution in [3.05, 3.63) is 30.1 Å². The fourth-order valence-electron chi connectivity index (χ4n) is 1.14. The lowest BCUT2D eigenvalue weighted by Gasteiger charge is -1.96. The van der Waals surface area contributed by atoms with Crippen LogP contribution in [-0.4, -0.2) is 14.4 Å². The number of aromatic nitrogens is 3. The lowest BCUT2D eigenvalue weighted by Crippen LogP contribution is -1.93. The lowest BCUT2D eigenvalue weighted by molar-refractivity contribution is 1.05. The molecule has 0 bridgehead atoms. The zero-order chi connectivity index (χ0) is 8.55. The van der Waals surface area contributed by atoms with Crippen molar-refractivity contribution in [2.45, 2.75) is 6.92 Å². The van der Waals surface area contributed by atoms with E-state index in [4.69, 9.17) is 5.26 Å². The molecule has 0 N–H and O–H groups in total. The molecule has 4 heteroatoms. The fraction of sp³-hybridized carbons (Fsp3) is 0.125. The van der Waals surface area contributed by atoms with Crippen LogP contribution >= 0.6 is 0 Å². The van der Waals surface area contributed by atoms with Crippen molar-refractivity contribution in [3.8, 4) is 6.07 Å². The van der Waals surface area contributed by atoms with Gasteiger partial charge in [0.2, 0.25) is 0 Å². The minimum atomic E-state index is 0.424. The molecule has 2 aromatic rings. The third-order valence-corrected chi connectivity index (χ3v) is 1.63. The van der Waals surface area contributed by atoms with Crippen molar-refractivity contribution in [2.75, 3.05) is 0 Å². The van der Waals surface area contributed by atoms with E-state index in [0.29, 0.717) is 5.69 Å². The Morgan fingerprint density at radius 3 is 3.17 bits per heavy atom. The maximum Gasteiger partial charge on any atom is 0.166 e. The van der Waals surface area contributed by atoms with Crippen molar-refractivity contribution in [2.24, 2.45) is 0 Å². The normalized spacial score (nSPS) is 10.0. The number of nitriles is 1. The molecule has 0 aliphatic heterocycles. The molecule has 4 nitrogen and oxygen atoms in total. The highest BCUT2D eigenvalue weighted by molar-refractivity contribution is 5.55. The topological polar surface area (TPSA) is 54.0 Å². The fourth-order valence-corrected chi connectivity index (χ4v) is 1.14. The molecule has 2 heterocycles. The van der Waals surface area contributed by atoms with E-state index in [-0.39, 0.29) is 0 Å². The molecule has 2 aromatic heterocycles. The Hall–Kier alpha value is -1.89. The van der Waals surface area contributed by atoms with Crippen LogP contribution in [0.5, 0.6) is 0 Å². The average Bonchev–Trinajstić information content (AvgIpc) is 2.50. The average molecular weight is 158 g/mol. The summed E-state index contributed by atoms with van der Waals surface area (Å²) in [6.07, 6.45) is 5.12. The predicted molar refractivity (Wildman–Crippen MR) is 42.4 cm³/mol. The van der Waals surface area contributed by atoms with Gasteiger partial charge in [0.05, 0.1) is 18.2 Å². The molecule has 0 aliphatic rings. The molecule has 0 spiro atoms. The maximum absolute atomic E-state index is 8.72. The SMILES string of the molecule is Cc1cn2cncc2c(C#N)n1. The first-order valence-corrected chi connectivity index (χ1v) is 3.50. The van der Waals surface area contributed by atoms with E-state index in [1.54, 1.807) is 16.9 Å². The summed E-state index contributed by atoms with van der Waals surface area (Å²) < 4.78 is 1.79. The minimum absolute atomic E-state index is 0.424. The highest BCUT2D eigenvalue weighted by atomic mass is 15.0. The number of nitrogens with zero attached hydrogens (tertiary/aromatic N) is 4. The van der Waals surface area contributed by atoms with Gasteiger partial charge in [-0.05, 0) is 6.92 Å². The van der Waals surface area contributed by atoms with Crippen LogP contribution in [0.4, 0.5) is 0 Å². The van der Waals surface area contributed by atoms with Gasteiger partial charge in [0.1, 0.15) is 11.6 Å². The number of hydrogen-bond donors (Lipinski definition) is 0. The molecule has 2 rings (SSSR count). The van der Waals surface area contributed by atoms with Gasteiger partial charge in [0.15, 0.2) is 5.69 Å². The van der Waals surface area contributed by atoms with Gasteiger partial charge in [-0.1, -0.05) is 0 Å². The maximum atomic E-state index is 8.72. The van der Waals surface area contributed by atoms with E-state index >= 15 is 0 Å². The Kier molecular flexibility index (Phi) is 1.31. The molecule has 0 saturated carbocycles. The van der Waals surface area contributed by atoms with Gasteiger partial charge in [0, 0.05) is 6.20 Å². The number of aryl methyl sites for hydroxylation is 1. The molecule has 0 fully saturated rings. The number of rotatable bonds is 0. The molecule has 0 atom stereocenters. The van der Waals surface area contributed by atoms with Crippen molar-refractivity contribution >= 4 is 5.52 Å². The molecule has 0 aliphatic carbocycles. The summed E-state index contributed by atoms with van der Waals surface area (Å²) in [5.41, 5.74) is 1.99. The Labute approximate surface area is 69.1 Å². The van der Waals surface area contributed by atoms with Gasteiger partial charge in [-0.15, -0.1) is 0 Å². The second-order valence-electron chi connectivity index (χ2n) is 2.53. The number of hydrogen-bond acceptors (Lipinski definition) is 3. The summed E-state index contributed by atoms with van der Waals surface area (Å²) in [5.74, 6) is 0. The minimum Gasteiger partial charge on any atom is -0.302 e. The largest absolute Gasteiger partial charge is 0.302 e. The van der Waals surface area contributed by atoms with E-state index in [1.165, 1.54) is 0 Å². The van der Waals surface area contributed by atoms with Crippen LogP contribution in [0.1, 0.15) is 11.4 Å². The molecule has 0 amide bonds. The standard InChI is InChI=1S/C8H6N4/c1-6-4-12-5-10-3-8(12)7(2-9)11-6/h3-5H,1H3. The summed E-state index contributed by atoms with van der Waals surface area (Å²) in [4.78, 5) is 7.99. The molecule has 12 heavy (non-hydrogen) atoms. The molecule has 0 unspecified atom stereocenters. The third-order valence-electron chi connectivity index (χ3n) is 1.63. The molecular weight excluding hydrogens is 152 g/mol. The van der Waals surface area contributed by atoms with E-state index in [1.807, 2.05) is 19.2 Å². The van der Waals surface area contributed by atoms with Crippen molar-refractivity contribution in [1.29, 1.82) is 5.26 Å². The molecule has 0 aromatic carbocycles. The number of fused-ring (bicyclic) bond motifs is 1. The van der Waals surface area contributed by atoms with Crippen LogP contribution in [-0.2, 0) is 0 Å². The van der Waals surface area contributed by atoms with E-state index in [2.05, 4.69) is 9.97 Å². The molecular formula is C8H6N4. The highest BCUT2D eigenvalue weighted by Crippen LogP contribution is 2.07. The van der Waals surface area contributed by atoms with Gasteiger partial charge < -0.3 is 4.40 Å². The lowest BCUT2D eigenvalue weighted by atomic mass is 10.3. The molecule has 0 radical (unpaired) electrons. The van der Waals surface area contributed by atoms with Crippen LogP contribution < -0.4 is 0 Å². The second kappa shape index (κ2) is 2.31. The quantitative estimate of drug-likeness (QED) is 0.572. The van der Waals surface area contributed by atoms with Crippen LogP contribution in [0.15, 0.2) is 18.7 Å². The summed E-state index contributed by atoms with van der Waals surface area (Å²) in [6, 6.07) is 2.02. The predicted octanol–water partition coefficient (Wildman–Crippen LogP) is 0.909. The highest BCUT2D eigenvalue weighted by Gasteiger charge is 2.02. The van der Waals surface area contributed by atoms with Gasteiger partial charge in [-0.2, -0.15) is 5.26 Å². The Balaban J connectivity index is 2.91. The Morgan fingerprint density at radius 2 is 2.42 bits per heavy atom. The molecule has 0 saturated heterocycles. The monoisotopic (exact) mass is 158 g/mol. The van der Waals surface area contributed by atoms with Gasteiger partial charge in [-0.25, -0.2) is 9.97 Å². The van der Waals surface area contributed by atoms with Crippen molar-refractivity contribution < 1.29 is 0 Å². The Bertz CT molecular complexity index is 463. The summed E-state index contributed by atoms with van der Waals surface area (Å²) in [7, 11) is 0. The first-order valence-electron chi connectivity index (χ1n) is 3.50. The van der Waals surface area contributed by atoms with Crippen molar-refractivity contribution in [1.82, 2.24) is 14.4 Å². The number of imidazole rings is 1. The zero-order valence-electron chi connectivity index (χ0n) is 6.52. The Morgan fingerprint density at radius 1 is 1.58 bits per heavy atom. The van der Waals surface area contributed by atoms with Gasteiger partial charge in [0.25, 0.3) is 0 Å². The third kappa shape index (κ3) is 0.839. The van der Waals surface area contributed by atoms with E-state index < -0.39 is 0 Å². The summed E-state index contributed by atoms with van der Waals surface area (Å²) in [6.45, 7) is 1.85. The zero-order valence-corrected chi connectivity index (χ0v) is 6.52. The molecule has 58 valence electrons. The van der Waals surface area contributed by atoms with E-state index in [9.17, 15) is 0 Å². The van der Waals surface area contributed by atoms with Gasteiger partial charge >= 0.3 is 0 Å². The van der Waals surface area contributed by atoms with Crippen LogP contribution in [0.3, 0.4) is 0 Å². The first-order chi connectivity index (χ1) is 5.81.